The van der Waals surface area contributed by atoms with Crippen LogP contribution in [0, 0.1) is 0 Å². The molecule has 46 heavy (non-hydrogen) atoms. The first-order chi connectivity index (χ1) is 22.3. The number of hydrogen-bond acceptors (Lipinski definition) is 10. The van der Waals surface area contributed by atoms with Gasteiger partial charge in [0.1, 0.15) is 0 Å². The van der Waals surface area contributed by atoms with Crippen molar-refractivity contribution < 1.29 is 30.6 Å². The third-order valence-corrected chi connectivity index (χ3v) is 6.68. The quantitative estimate of drug-likeness (QED) is 0.0761. The Balaban J connectivity index is 0.000000124. The molecule has 0 fully saturated rings. The first kappa shape index (κ1) is 30.8. The topological polar surface area (TPSA) is 173 Å². The van der Waals surface area contributed by atoms with Crippen LogP contribution in [0.25, 0.3) is 43.6 Å². The normalized spacial score (nSPS) is 10.3. The number of pyridine rings is 4. The average molecular weight is 613 g/mol. The van der Waals surface area contributed by atoms with Crippen molar-refractivity contribution in [3.63, 3.8) is 0 Å². The SMILES string of the molecule is Oc1cccc(O)c1O.Oc1cccc(O)c1O.c1cnc2c(c1)ccc1cccnc12.c1cnc2c(c1)ccc1cccnc12. The van der Waals surface area contributed by atoms with Gasteiger partial charge in [0, 0.05) is 46.3 Å². The van der Waals surface area contributed by atoms with Gasteiger partial charge in [0.05, 0.1) is 22.1 Å². The molecular formula is C36H28N4O6. The van der Waals surface area contributed by atoms with Crippen molar-refractivity contribution in [1.29, 1.82) is 0 Å². The van der Waals surface area contributed by atoms with Crippen LogP contribution in [0.3, 0.4) is 0 Å². The molecule has 0 atom stereocenters. The van der Waals surface area contributed by atoms with Gasteiger partial charge in [-0.05, 0) is 48.5 Å². The Morgan fingerprint density at radius 3 is 0.739 bits per heavy atom. The number of aromatic hydroxyl groups is 6. The average Bonchev–Trinajstić information content (AvgIpc) is 3.10. The van der Waals surface area contributed by atoms with E-state index in [0.717, 1.165) is 43.6 Å². The highest BCUT2D eigenvalue weighted by atomic mass is 16.3. The van der Waals surface area contributed by atoms with Crippen molar-refractivity contribution in [1.82, 2.24) is 19.9 Å². The van der Waals surface area contributed by atoms with Crippen molar-refractivity contribution in [3.05, 3.63) is 134 Å². The number of aromatic nitrogens is 4. The Bertz CT molecular complexity index is 1950. The van der Waals surface area contributed by atoms with Crippen molar-refractivity contribution in [3.8, 4) is 34.5 Å². The van der Waals surface area contributed by atoms with Gasteiger partial charge in [0.2, 0.25) is 0 Å². The van der Waals surface area contributed by atoms with Crippen LogP contribution in [0.2, 0.25) is 0 Å². The van der Waals surface area contributed by atoms with Crippen LogP contribution in [0.4, 0.5) is 0 Å². The standard InChI is InChI=1S/2C12H8N2.2C6H6O3/c2*1-3-9-5-6-10-4-2-8-14-12(10)11(9)13-7-1;2*7-4-2-1-3-5(8)6(4)9/h2*1-8H;2*1-3,7-9H. The summed E-state index contributed by atoms with van der Waals surface area (Å²) in [6.07, 6.45) is 7.21. The lowest BCUT2D eigenvalue weighted by Gasteiger charge is -2.00. The van der Waals surface area contributed by atoms with E-state index < -0.39 is 11.5 Å². The van der Waals surface area contributed by atoms with E-state index in [0.29, 0.717) is 0 Å². The van der Waals surface area contributed by atoms with Crippen LogP contribution in [-0.4, -0.2) is 50.6 Å². The number of para-hydroxylation sites is 2. The highest BCUT2D eigenvalue weighted by Crippen LogP contribution is 2.33. The Hall–Kier alpha value is -6.68. The molecule has 0 aliphatic heterocycles. The lowest BCUT2D eigenvalue weighted by molar-refractivity contribution is 0.368. The van der Waals surface area contributed by atoms with Gasteiger partial charge in [-0.1, -0.05) is 60.7 Å². The number of phenols is 6. The Morgan fingerprint density at radius 1 is 0.283 bits per heavy atom. The lowest BCUT2D eigenvalue weighted by Crippen LogP contribution is -1.83. The number of benzene rings is 4. The lowest BCUT2D eigenvalue weighted by atomic mass is 10.1. The third-order valence-electron chi connectivity index (χ3n) is 6.68. The second-order valence-electron chi connectivity index (χ2n) is 9.72. The molecule has 0 aliphatic rings. The van der Waals surface area contributed by atoms with E-state index in [1.165, 1.54) is 36.4 Å². The summed E-state index contributed by atoms with van der Waals surface area (Å²) in [5, 5.41) is 56.7. The van der Waals surface area contributed by atoms with Crippen LogP contribution in [-0.2, 0) is 0 Å². The second kappa shape index (κ2) is 14.2. The third kappa shape index (κ3) is 7.09. The summed E-state index contributed by atoms with van der Waals surface area (Å²) in [7, 11) is 0. The number of hydrogen-bond donors (Lipinski definition) is 6. The van der Waals surface area contributed by atoms with Crippen LogP contribution in [0.15, 0.2) is 134 Å². The minimum Gasteiger partial charge on any atom is -0.504 e. The molecule has 0 radical (unpaired) electrons. The van der Waals surface area contributed by atoms with E-state index in [1.54, 1.807) is 24.8 Å². The molecule has 10 nitrogen and oxygen atoms in total. The number of nitrogens with zero attached hydrogens (tertiary/aromatic N) is 4. The molecule has 0 saturated heterocycles. The summed E-state index contributed by atoms with van der Waals surface area (Å²) in [4.78, 5) is 17.4. The highest BCUT2D eigenvalue weighted by molar-refractivity contribution is 6.03. The number of fused-ring (bicyclic) bond motifs is 6. The molecule has 0 saturated carbocycles. The summed E-state index contributed by atoms with van der Waals surface area (Å²) in [5.41, 5.74) is 3.91. The molecule has 0 amide bonds. The Labute approximate surface area is 262 Å². The second-order valence-corrected chi connectivity index (χ2v) is 9.72. The first-order valence-electron chi connectivity index (χ1n) is 13.9. The van der Waals surface area contributed by atoms with Gasteiger partial charge < -0.3 is 30.6 Å². The van der Waals surface area contributed by atoms with Gasteiger partial charge >= 0.3 is 0 Å². The Kier molecular flexibility index (Phi) is 9.49. The van der Waals surface area contributed by atoms with Crippen LogP contribution >= 0.6 is 0 Å². The van der Waals surface area contributed by atoms with E-state index >= 15 is 0 Å². The molecule has 8 rings (SSSR count). The molecule has 0 unspecified atom stereocenters. The van der Waals surface area contributed by atoms with Gasteiger partial charge in [-0.2, -0.15) is 0 Å². The van der Waals surface area contributed by atoms with E-state index in [2.05, 4.69) is 68.5 Å². The minimum atomic E-state index is -0.475. The fourth-order valence-electron chi connectivity index (χ4n) is 4.40. The number of phenolic OH excluding ortho intramolecular Hbond substituents is 6. The summed E-state index contributed by atoms with van der Waals surface area (Å²) in [5.74, 6) is -2.19. The molecule has 0 spiro atoms. The van der Waals surface area contributed by atoms with Crippen molar-refractivity contribution >= 4 is 43.6 Å². The molecule has 10 heteroatoms. The van der Waals surface area contributed by atoms with E-state index in [9.17, 15) is 0 Å². The maximum absolute atomic E-state index is 8.71. The Morgan fingerprint density at radius 2 is 0.522 bits per heavy atom. The molecule has 4 aromatic heterocycles. The maximum Gasteiger partial charge on any atom is 0.200 e. The zero-order chi connectivity index (χ0) is 32.5. The van der Waals surface area contributed by atoms with E-state index in [-0.39, 0.29) is 23.0 Å². The smallest absolute Gasteiger partial charge is 0.200 e. The van der Waals surface area contributed by atoms with Crippen molar-refractivity contribution in [2.24, 2.45) is 0 Å². The van der Waals surface area contributed by atoms with E-state index in [4.69, 9.17) is 30.6 Å². The van der Waals surface area contributed by atoms with Crippen LogP contribution < -0.4 is 0 Å². The molecule has 0 bridgehead atoms. The fourth-order valence-corrected chi connectivity index (χ4v) is 4.40. The van der Waals surface area contributed by atoms with Gasteiger partial charge in [0.25, 0.3) is 0 Å². The summed E-state index contributed by atoms with van der Waals surface area (Å²) >= 11 is 0. The minimum absolute atomic E-state index is 0.310. The summed E-state index contributed by atoms with van der Waals surface area (Å²) in [6.45, 7) is 0. The fraction of sp³-hybridized carbons (Fsp3) is 0. The predicted octanol–water partition coefficient (Wildman–Crippen LogP) is 7.17. The zero-order valence-electron chi connectivity index (χ0n) is 24.2. The molecule has 8 aromatic rings. The maximum atomic E-state index is 8.71. The zero-order valence-corrected chi connectivity index (χ0v) is 24.2. The molecular weight excluding hydrogens is 584 g/mol. The number of rotatable bonds is 0. The first-order valence-corrected chi connectivity index (χ1v) is 13.9. The molecule has 4 heterocycles. The summed E-state index contributed by atoms with van der Waals surface area (Å²) < 4.78 is 0. The molecule has 228 valence electrons. The predicted molar refractivity (Wildman–Crippen MR) is 177 cm³/mol. The van der Waals surface area contributed by atoms with Gasteiger partial charge in [-0.25, -0.2) is 0 Å². The molecule has 6 N–H and O–H groups in total. The van der Waals surface area contributed by atoms with Crippen LogP contribution in [0.1, 0.15) is 0 Å². The highest BCUT2D eigenvalue weighted by Gasteiger charge is 2.03. The van der Waals surface area contributed by atoms with Crippen LogP contribution in [0.5, 0.6) is 34.5 Å². The van der Waals surface area contributed by atoms with Crippen molar-refractivity contribution in [2.75, 3.05) is 0 Å². The largest absolute Gasteiger partial charge is 0.504 e. The summed E-state index contributed by atoms with van der Waals surface area (Å²) in [6, 6.07) is 32.3. The van der Waals surface area contributed by atoms with E-state index in [1.807, 2.05) is 24.3 Å². The molecule has 0 aliphatic carbocycles. The monoisotopic (exact) mass is 612 g/mol. The molecule has 4 aromatic carbocycles. The van der Waals surface area contributed by atoms with Gasteiger partial charge in [-0.15, -0.1) is 0 Å². The van der Waals surface area contributed by atoms with Gasteiger partial charge in [-0.3, -0.25) is 19.9 Å². The van der Waals surface area contributed by atoms with Crippen molar-refractivity contribution in [2.45, 2.75) is 0 Å². The van der Waals surface area contributed by atoms with Gasteiger partial charge in [0.15, 0.2) is 34.5 Å².